The Kier molecular flexibility index (Phi) is 7.28. The van der Waals surface area contributed by atoms with Crippen molar-refractivity contribution in [3.8, 4) is 0 Å². The fourth-order valence-electron chi connectivity index (χ4n) is 1.82. The lowest BCUT2D eigenvalue weighted by Crippen LogP contribution is -2.48. The zero-order chi connectivity index (χ0) is 15.0. The molecule has 0 aromatic heterocycles. The van der Waals surface area contributed by atoms with Gasteiger partial charge in [0.15, 0.2) is 0 Å². The molecule has 1 aromatic rings. The van der Waals surface area contributed by atoms with Gasteiger partial charge in [-0.2, -0.15) is 0 Å². The third-order valence-electron chi connectivity index (χ3n) is 2.95. The monoisotopic (exact) mass is 295 g/mol. The van der Waals surface area contributed by atoms with Crippen molar-refractivity contribution in [3.63, 3.8) is 0 Å². The molecule has 110 valence electrons. The Morgan fingerprint density at radius 2 is 1.90 bits per heavy atom. The van der Waals surface area contributed by atoms with Gasteiger partial charge in [0.25, 0.3) is 0 Å². The van der Waals surface area contributed by atoms with Crippen LogP contribution in [0.4, 0.5) is 0 Å². The van der Waals surface area contributed by atoms with E-state index >= 15 is 0 Å². The van der Waals surface area contributed by atoms with E-state index in [0.717, 1.165) is 5.56 Å². The second-order valence-electron chi connectivity index (χ2n) is 4.63. The number of amides is 1. The molecule has 5 N–H and O–H groups in total. The first-order valence-electron chi connectivity index (χ1n) is 6.57. The summed E-state index contributed by atoms with van der Waals surface area (Å²) in [7, 11) is 0. The van der Waals surface area contributed by atoms with Gasteiger partial charge in [0, 0.05) is 0 Å². The minimum Gasteiger partial charge on any atom is -0.344 e. The number of nitrogens with two attached hydrogens (primary N) is 2. The van der Waals surface area contributed by atoms with Crippen molar-refractivity contribution in [1.82, 2.24) is 5.32 Å². The van der Waals surface area contributed by atoms with Gasteiger partial charge in [0.05, 0.1) is 12.1 Å². The summed E-state index contributed by atoms with van der Waals surface area (Å²) in [6.45, 7) is 0.462. The van der Waals surface area contributed by atoms with Crippen LogP contribution >= 0.6 is 12.6 Å². The number of hydrogen-bond donors (Lipinski definition) is 4. The lowest BCUT2D eigenvalue weighted by Gasteiger charge is -2.18. The van der Waals surface area contributed by atoms with Crippen LogP contribution in [-0.4, -0.2) is 29.7 Å². The summed E-state index contributed by atoms with van der Waals surface area (Å²) < 4.78 is 0. The molecule has 0 saturated carbocycles. The summed E-state index contributed by atoms with van der Waals surface area (Å²) in [6, 6.07) is 8.17. The van der Waals surface area contributed by atoms with Crippen LogP contribution in [0.15, 0.2) is 30.3 Å². The molecule has 0 spiro atoms. The average Bonchev–Trinajstić information content (AvgIpc) is 2.43. The van der Waals surface area contributed by atoms with E-state index in [2.05, 4.69) is 17.9 Å². The Labute approximate surface area is 124 Å². The second kappa shape index (κ2) is 8.73. The molecular formula is C14H21N3O2S. The van der Waals surface area contributed by atoms with E-state index in [1.54, 1.807) is 0 Å². The molecule has 20 heavy (non-hydrogen) atoms. The predicted molar refractivity (Wildman–Crippen MR) is 82.3 cm³/mol. The SMILES string of the molecule is NCCC[C@H](NC(=O)[C@H](N)Cc1ccccc1)C(=O)S. The number of carbonyl (C=O) groups excluding carboxylic acids is 2. The van der Waals surface area contributed by atoms with Gasteiger partial charge in [-0.3, -0.25) is 9.59 Å². The topological polar surface area (TPSA) is 98.2 Å². The van der Waals surface area contributed by atoms with Crippen molar-refractivity contribution in [1.29, 1.82) is 0 Å². The largest absolute Gasteiger partial charge is 0.344 e. The summed E-state index contributed by atoms with van der Waals surface area (Å²) >= 11 is 3.77. The third kappa shape index (κ3) is 5.73. The summed E-state index contributed by atoms with van der Waals surface area (Å²) in [5, 5.41) is 2.25. The molecule has 0 radical (unpaired) electrons. The van der Waals surface area contributed by atoms with E-state index in [0.29, 0.717) is 25.8 Å². The molecule has 0 bridgehead atoms. The van der Waals surface area contributed by atoms with Gasteiger partial charge in [-0.25, -0.2) is 0 Å². The van der Waals surface area contributed by atoms with Gasteiger partial charge >= 0.3 is 0 Å². The minimum atomic E-state index is -0.689. The van der Waals surface area contributed by atoms with Crippen LogP contribution in [0, 0.1) is 0 Å². The summed E-state index contributed by atoms with van der Waals surface area (Å²) in [4.78, 5) is 23.3. The zero-order valence-corrected chi connectivity index (χ0v) is 12.2. The molecule has 0 aliphatic rings. The van der Waals surface area contributed by atoms with Crippen LogP contribution in [-0.2, 0) is 16.0 Å². The number of thiol groups is 1. The Morgan fingerprint density at radius 3 is 2.45 bits per heavy atom. The fourth-order valence-corrected chi connectivity index (χ4v) is 2.01. The van der Waals surface area contributed by atoms with Crippen LogP contribution in [0.25, 0.3) is 0 Å². The molecule has 0 fully saturated rings. The number of carbonyl (C=O) groups is 2. The normalized spacial score (nSPS) is 13.6. The predicted octanol–water partition coefficient (Wildman–Crippen LogP) is 0.237. The summed E-state index contributed by atoms with van der Waals surface area (Å²) in [6.07, 6.45) is 1.55. The highest BCUT2D eigenvalue weighted by molar-refractivity contribution is 7.96. The van der Waals surface area contributed by atoms with E-state index in [1.807, 2.05) is 30.3 Å². The van der Waals surface area contributed by atoms with Crippen molar-refractivity contribution < 1.29 is 9.59 Å². The van der Waals surface area contributed by atoms with Gasteiger partial charge < -0.3 is 16.8 Å². The molecule has 6 heteroatoms. The Bertz CT molecular complexity index is 439. The first-order chi connectivity index (χ1) is 9.54. The number of hydrogen-bond acceptors (Lipinski definition) is 4. The summed E-state index contributed by atoms with van der Waals surface area (Å²) in [5.74, 6) is -0.349. The van der Waals surface area contributed by atoms with Crippen LogP contribution in [0.1, 0.15) is 18.4 Å². The molecule has 1 rings (SSSR count). The van der Waals surface area contributed by atoms with E-state index in [4.69, 9.17) is 11.5 Å². The smallest absolute Gasteiger partial charge is 0.237 e. The van der Waals surface area contributed by atoms with Crippen LogP contribution in [0.2, 0.25) is 0 Å². The van der Waals surface area contributed by atoms with Crippen molar-refractivity contribution in [2.75, 3.05) is 6.54 Å². The number of nitrogens with one attached hydrogen (secondary N) is 1. The maximum absolute atomic E-state index is 12.0. The van der Waals surface area contributed by atoms with Gasteiger partial charge in [0.2, 0.25) is 11.0 Å². The molecule has 5 nitrogen and oxygen atoms in total. The fraction of sp³-hybridized carbons (Fsp3) is 0.429. The number of benzene rings is 1. The molecule has 0 heterocycles. The van der Waals surface area contributed by atoms with E-state index in [-0.39, 0.29) is 11.0 Å². The molecule has 2 atom stereocenters. The van der Waals surface area contributed by atoms with Crippen LogP contribution in [0.3, 0.4) is 0 Å². The quantitative estimate of drug-likeness (QED) is 0.516. The van der Waals surface area contributed by atoms with E-state index in [9.17, 15) is 9.59 Å². The highest BCUT2D eigenvalue weighted by Crippen LogP contribution is 2.04. The second-order valence-corrected chi connectivity index (χ2v) is 5.07. The molecule has 0 aliphatic heterocycles. The standard InChI is InChI=1S/C14H21N3O2S/c15-8-4-7-12(14(19)20)17-13(18)11(16)9-10-5-2-1-3-6-10/h1-3,5-6,11-12H,4,7-9,15-16H2,(H,17,18)(H,19,20)/t11-,12+/m1/s1. The molecule has 0 aliphatic carbocycles. The van der Waals surface area contributed by atoms with Gasteiger partial charge in [-0.1, -0.05) is 30.3 Å². The first-order valence-corrected chi connectivity index (χ1v) is 7.02. The Balaban J connectivity index is 2.53. The first kappa shape index (κ1) is 16.7. The molecule has 1 amide bonds. The highest BCUT2D eigenvalue weighted by Gasteiger charge is 2.21. The van der Waals surface area contributed by atoms with Crippen molar-refractivity contribution in [3.05, 3.63) is 35.9 Å². The lowest BCUT2D eigenvalue weighted by molar-refractivity contribution is -0.125. The lowest BCUT2D eigenvalue weighted by atomic mass is 10.1. The molecule has 0 unspecified atom stereocenters. The van der Waals surface area contributed by atoms with Crippen LogP contribution in [0.5, 0.6) is 0 Å². The van der Waals surface area contributed by atoms with Gasteiger partial charge in [-0.15, -0.1) is 12.6 Å². The maximum atomic E-state index is 12.0. The van der Waals surface area contributed by atoms with Gasteiger partial charge in [-0.05, 0) is 31.4 Å². The Hall–Kier alpha value is -1.37. The minimum absolute atomic E-state index is 0.349. The van der Waals surface area contributed by atoms with Crippen molar-refractivity contribution in [2.45, 2.75) is 31.3 Å². The third-order valence-corrected chi connectivity index (χ3v) is 3.26. The molecule has 1 aromatic carbocycles. The summed E-state index contributed by atoms with van der Waals surface area (Å²) in [5.41, 5.74) is 12.2. The average molecular weight is 295 g/mol. The molecule has 0 saturated heterocycles. The maximum Gasteiger partial charge on any atom is 0.237 e. The molecular weight excluding hydrogens is 274 g/mol. The van der Waals surface area contributed by atoms with Gasteiger partial charge in [0.1, 0.15) is 0 Å². The van der Waals surface area contributed by atoms with E-state index in [1.165, 1.54) is 0 Å². The van der Waals surface area contributed by atoms with Crippen molar-refractivity contribution >= 4 is 23.7 Å². The van der Waals surface area contributed by atoms with E-state index < -0.39 is 12.1 Å². The van der Waals surface area contributed by atoms with Crippen molar-refractivity contribution in [2.24, 2.45) is 11.5 Å². The zero-order valence-electron chi connectivity index (χ0n) is 11.3. The van der Waals surface area contributed by atoms with Crippen LogP contribution < -0.4 is 16.8 Å². The highest BCUT2D eigenvalue weighted by atomic mass is 32.1. The number of rotatable bonds is 8. The Morgan fingerprint density at radius 1 is 1.25 bits per heavy atom.